The summed E-state index contributed by atoms with van der Waals surface area (Å²) in [5.74, 6) is 0.0316. The van der Waals surface area contributed by atoms with Crippen molar-refractivity contribution in [3.63, 3.8) is 0 Å². The van der Waals surface area contributed by atoms with E-state index in [-0.39, 0.29) is 5.91 Å². The van der Waals surface area contributed by atoms with Crippen LogP contribution in [0.3, 0.4) is 0 Å². The third kappa shape index (κ3) is 3.64. The van der Waals surface area contributed by atoms with Gasteiger partial charge in [-0.2, -0.15) is 0 Å². The fourth-order valence-electron chi connectivity index (χ4n) is 2.64. The van der Waals surface area contributed by atoms with Crippen molar-refractivity contribution < 1.29 is 9.90 Å². The average molecular weight is 288 g/mol. The summed E-state index contributed by atoms with van der Waals surface area (Å²) in [6, 6.07) is 10.2. The molecule has 1 aromatic heterocycles. The number of aryl methyl sites for hydroxylation is 1. The summed E-state index contributed by atoms with van der Waals surface area (Å²) in [5.41, 5.74) is 1.27. The molecule has 0 saturated carbocycles. The maximum absolute atomic E-state index is 12.5. The molecule has 0 spiro atoms. The standard InChI is InChI=1S/C17H24N2O2/c1-5-18(12-17(3,4)21)16(20)11-19-13(2)10-14-8-6-7-9-15(14)19/h6-10,21H,5,11-12H2,1-4H3. The minimum atomic E-state index is -0.876. The average Bonchev–Trinajstić information content (AvgIpc) is 2.71. The maximum Gasteiger partial charge on any atom is 0.242 e. The monoisotopic (exact) mass is 288 g/mol. The number of carbonyl (C=O) groups excluding carboxylic acids is 1. The number of aromatic nitrogens is 1. The lowest BCUT2D eigenvalue weighted by Gasteiger charge is -2.28. The summed E-state index contributed by atoms with van der Waals surface area (Å²) < 4.78 is 2.03. The lowest BCUT2D eigenvalue weighted by molar-refractivity contribution is -0.134. The van der Waals surface area contributed by atoms with Crippen molar-refractivity contribution in [3.8, 4) is 0 Å². The Bertz CT molecular complexity index is 638. The molecule has 2 aromatic rings. The first-order valence-corrected chi connectivity index (χ1v) is 7.37. The minimum absolute atomic E-state index is 0.0316. The Morgan fingerprint density at radius 3 is 2.62 bits per heavy atom. The Balaban J connectivity index is 2.23. The van der Waals surface area contributed by atoms with Crippen LogP contribution >= 0.6 is 0 Å². The Kier molecular flexibility index (Phi) is 4.37. The van der Waals surface area contributed by atoms with Gasteiger partial charge in [-0.15, -0.1) is 0 Å². The van der Waals surface area contributed by atoms with Crippen molar-refractivity contribution in [1.82, 2.24) is 9.47 Å². The molecule has 1 heterocycles. The van der Waals surface area contributed by atoms with Gasteiger partial charge >= 0.3 is 0 Å². The fraction of sp³-hybridized carbons (Fsp3) is 0.471. The summed E-state index contributed by atoms with van der Waals surface area (Å²) in [7, 11) is 0. The van der Waals surface area contributed by atoms with Crippen LogP contribution in [0.1, 0.15) is 26.5 Å². The zero-order valence-corrected chi connectivity index (χ0v) is 13.3. The van der Waals surface area contributed by atoms with E-state index >= 15 is 0 Å². The first kappa shape index (κ1) is 15.6. The second-order valence-electron chi connectivity index (χ2n) is 6.15. The molecule has 1 aromatic carbocycles. The summed E-state index contributed by atoms with van der Waals surface area (Å²) in [6.07, 6.45) is 0. The molecule has 1 amide bonds. The fourth-order valence-corrected chi connectivity index (χ4v) is 2.64. The van der Waals surface area contributed by atoms with Gasteiger partial charge in [-0.3, -0.25) is 4.79 Å². The second-order valence-corrected chi connectivity index (χ2v) is 6.15. The van der Waals surface area contributed by atoms with Crippen molar-refractivity contribution in [2.45, 2.75) is 39.8 Å². The first-order chi connectivity index (χ1) is 9.81. The molecule has 4 heteroatoms. The van der Waals surface area contributed by atoms with Gasteiger partial charge in [0.1, 0.15) is 6.54 Å². The number of carbonyl (C=O) groups is 1. The van der Waals surface area contributed by atoms with Crippen molar-refractivity contribution >= 4 is 16.8 Å². The molecule has 4 nitrogen and oxygen atoms in total. The van der Waals surface area contributed by atoms with Crippen molar-refractivity contribution in [1.29, 1.82) is 0 Å². The molecule has 114 valence electrons. The third-order valence-corrected chi connectivity index (χ3v) is 3.62. The van der Waals surface area contributed by atoms with Crippen LogP contribution in [0.2, 0.25) is 0 Å². The van der Waals surface area contributed by atoms with Gasteiger partial charge in [-0.25, -0.2) is 0 Å². The van der Waals surface area contributed by atoms with E-state index in [0.717, 1.165) is 16.6 Å². The van der Waals surface area contributed by atoms with Crippen LogP contribution in [0, 0.1) is 6.92 Å². The van der Waals surface area contributed by atoms with E-state index in [1.54, 1.807) is 18.7 Å². The number of amides is 1. The Morgan fingerprint density at radius 2 is 2.00 bits per heavy atom. The topological polar surface area (TPSA) is 45.5 Å². The molecule has 2 rings (SSSR count). The van der Waals surface area contributed by atoms with E-state index in [2.05, 4.69) is 12.1 Å². The lowest BCUT2D eigenvalue weighted by atomic mass is 10.1. The molecule has 1 N–H and O–H groups in total. The highest BCUT2D eigenvalue weighted by atomic mass is 16.3. The molecule has 0 aliphatic heterocycles. The number of rotatable bonds is 5. The summed E-state index contributed by atoms with van der Waals surface area (Å²) in [6.45, 7) is 8.65. The predicted octanol–water partition coefficient (Wildman–Crippen LogP) is 2.57. The molecule has 0 radical (unpaired) electrons. The smallest absolute Gasteiger partial charge is 0.242 e. The molecule has 0 unspecified atom stereocenters. The first-order valence-electron chi connectivity index (χ1n) is 7.37. The number of hydrogen-bond donors (Lipinski definition) is 1. The zero-order chi connectivity index (χ0) is 15.6. The molecule has 0 saturated heterocycles. The van der Waals surface area contributed by atoms with Gasteiger partial charge in [0.05, 0.1) is 5.60 Å². The van der Waals surface area contributed by atoms with Gasteiger partial charge in [0.25, 0.3) is 0 Å². The van der Waals surface area contributed by atoms with Crippen LogP contribution in [0.25, 0.3) is 10.9 Å². The van der Waals surface area contributed by atoms with Gasteiger partial charge in [0.2, 0.25) is 5.91 Å². The van der Waals surface area contributed by atoms with Crippen LogP contribution in [0.15, 0.2) is 30.3 Å². The summed E-state index contributed by atoms with van der Waals surface area (Å²) >= 11 is 0. The van der Waals surface area contributed by atoms with E-state index in [9.17, 15) is 9.90 Å². The van der Waals surface area contributed by atoms with E-state index < -0.39 is 5.60 Å². The molecule has 0 fully saturated rings. The molecule has 21 heavy (non-hydrogen) atoms. The highest BCUT2D eigenvalue weighted by Crippen LogP contribution is 2.19. The van der Waals surface area contributed by atoms with Crippen molar-refractivity contribution in [2.75, 3.05) is 13.1 Å². The molecule has 0 aliphatic carbocycles. The number of hydrogen-bond acceptors (Lipinski definition) is 2. The van der Waals surface area contributed by atoms with Crippen LogP contribution < -0.4 is 0 Å². The summed E-state index contributed by atoms with van der Waals surface area (Å²) in [5, 5.41) is 11.1. The minimum Gasteiger partial charge on any atom is -0.389 e. The van der Waals surface area contributed by atoms with Gasteiger partial charge in [0, 0.05) is 24.3 Å². The number of fused-ring (bicyclic) bond motifs is 1. The van der Waals surface area contributed by atoms with Crippen LogP contribution in [0.4, 0.5) is 0 Å². The largest absolute Gasteiger partial charge is 0.389 e. The molecule has 0 bridgehead atoms. The quantitative estimate of drug-likeness (QED) is 0.919. The lowest BCUT2D eigenvalue weighted by Crippen LogP contribution is -2.43. The van der Waals surface area contributed by atoms with E-state index in [4.69, 9.17) is 0 Å². The Morgan fingerprint density at radius 1 is 1.33 bits per heavy atom. The highest BCUT2D eigenvalue weighted by molar-refractivity contribution is 5.84. The number of nitrogens with zero attached hydrogens (tertiary/aromatic N) is 2. The van der Waals surface area contributed by atoms with E-state index in [1.165, 1.54) is 0 Å². The number of benzene rings is 1. The SMILES string of the molecule is CCN(CC(C)(C)O)C(=O)Cn1c(C)cc2ccccc21. The predicted molar refractivity (Wildman–Crippen MR) is 85.2 cm³/mol. The van der Waals surface area contributed by atoms with E-state index in [0.29, 0.717) is 19.6 Å². The number of para-hydroxylation sites is 1. The Labute approximate surface area is 126 Å². The molecule has 0 atom stereocenters. The normalized spacial score (nSPS) is 11.9. The second kappa shape index (κ2) is 5.90. The van der Waals surface area contributed by atoms with Gasteiger partial charge in [0.15, 0.2) is 0 Å². The van der Waals surface area contributed by atoms with Gasteiger partial charge in [-0.05, 0) is 45.2 Å². The van der Waals surface area contributed by atoms with Gasteiger partial charge < -0.3 is 14.6 Å². The van der Waals surface area contributed by atoms with Gasteiger partial charge in [-0.1, -0.05) is 18.2 Å². The summed E-state index contributed by atoms with van der Waals surface area (Å²) in [4.78, 5) is 14.2. The number of aliphatic hydroxyl groups is 1. The molecular weight excluding hydrogens is 264 g/mol. The highest BCUT2D eigenvalue weighted by Gasteiger charge is 2.22. The van der Waals surface area contributed by atoms with Crippen LogP contribution in [-0.2, 0) is 11.3 Å². The number of likely N-dealkylation sites (N-methyl/N-ethyl adjacent to an activating group) is 1. The third-order valence-electron chi connectivity index (χ3n) is 3.62. The molecule has 0 aliphatic rings. The van der Waals surface area contributed by atoms with Crippen LogP contribution in [0.5, 0.6) is 0 Å². The molecular formula is C17H24N2O2. The van der Waals surface area contributed by atoms with Crippen molar-refractivity contribution in [2.24, 2.45) is 0 Å². The van der Waals surface area contributed by atoms with E-state index in [1.807, 2.05) is 36.6 Å². The van der Waals surface area contributed by atoms with Crippen LogP contribution in [-0.4, -0.2) is 39.2 Å². The maximum atomic E-state index is 12.5. The van der Waals surface area contributed by atoms with Crippen molar-refractivity contribution in [3.05, 3.63) is 36.0 Å². The zero-order valence-electron chi connectivity index (χ0n) is 13.3. The Hall–Kier alpha value is -1.81.